The summed E-state index contributed by atoms with van der Waals surface area (Å²) in [6.45, 7) is 3.69. The molecule has 2 heterocycles. The molecule has 1 fully saturated rings. The Morgan fingerprint density at radius 1 is 1.58 bits per heavy atom. The number of fused-ring (bicyclic) bond motifs is 1. The molecule has 1 N–H and O–H groups in total. The first-order valence-electron chi connectivity index (χ1n) is 6.18. The molecule has 6 heteroatoms. The van der Waals surface area contributed by atoms with E-state index >= 15 is 0 Å². The topological polar surface area (TPSA) is 62.7 Å². The lowest BCUT2D eigenvalue weighted by molar-refractivity contribution is -0.142. The smallest absolute Gasteiger partial charge is 0.310 e. The van der Waals surface area contributed by atoms with E-state index in [1.165, 1.54) is 0 Å². The standard InChI is InChI=1S/C13H14N2O3S/c1-2-18-9-3-4-10-11(5-9)19-13(14-10)15-6-8(7-15)12(16)17/h3-5,8H,2,6-7H2,1H3,(H,16,17). The van der Waals surface area contributed by atoms with Crippen LogP contribution in [0.2, 0.25) is 0 Å². The van der Waals surface area contributed by atoms with Crippen LogP contribution < -0.4 is 9.64 Å². The quantitative estimate of drug-likeness (QED) is 0.929. The van der Waals surface area contributed by atoms with E-state index in [0.717, 1.165) is 21.1 Å². The Bertz CT molecular complexity index is 619. The van der Waals surface area contributed by atoms with Crippen LogP contribution in [0.4, 0.5) is 5.13 Å². The van der Waals surface area contributed by atoms with Crippen molar-refractivity contribution in [2.75, 3.05) is 24.6 Å². The van der Waals surface area contributed by atoms with Gasteiger partial charge in [0.25, 0.3) is 0 Å². The molecule has 19 heavy (non-hydrogen) atoms. The van der Waals surface area contributed by atoms with Crippen LogP contribution in [0.25, 0.3) is 10.2 Å². The van der Waals surface area contributed by atoms with E-state index in [1.54, 1.807) is 11.3 Å². The summed E-state index contributed by atoms with van der Waals surface area (Å²) >= 11 is 1.58. The number of carboxylic acid groups (broad SMARTS) is 1. The predicted octanol–water partition coefficient (Wildman–Crippen LogP) is 2.22. The van der Waals surface area contributed by atoms with Gasteiger partial charge in [-0.2, -0.15) is 0 Å². The molecule has 1 aromatic carbocycles. The lowest BCUT2D eigenvalue weighted by Gasteiger charge is -2.36. The fraction of sp³-hybridized carbons (Fsp3) is 0.385. The highest BCUT2D eigenvalue weighted by atomic mass is 32.1. The van der Waals surface area contributed by atoms with E-state index in [9.17, 15) is 4.79 Å². The summed E-state index contributed by atoms with van der Waals surface area (Å²) in [7, 11) is 0. The Labute approximate surface area is 114 Å². The minimum atomic E-state index is -0.726. The Kier molecular flexibility index (Phi) is 3.02. The number of anilines is 1. The maximum Gasteiger partial charge on any atom is 0.310 e. The first-order valence-corrected chi connectivity index (χ1v) is 7.00. The molecule has 0 atom stereocenters. The van der Waals surface area contributed by atoms with Crippen molar-refractivity contribution >= 4 is 32.7 Å². The van der Waals surface area contributed by atoms with Crippen LogP contribution in [0.3, 0.4) is 0 Å². The second kappa shape index (κ2) is 4.70. The van der Waals surface area contributed by atoms with Crippen molar-refractivity contribution in [3.8, 4) is 5.75 Å². The molecule has 0 spiro atoms. The minimum absolute atomic E-state index is 0.258. The fourth-order valence-electron chi connectivity index (χ4n) is 2.08. The normalized spacial score (nSPS) is 15.5. The lowest BCUT2D eigenvalue weighted by atomic mass is 10.0. The molecular weight excluding hydrogens is 264 g/mol. The highest BCUT2D eigenvalue weighted by Gasteiger charge is 2.34. The summed E-state index contributed by atoms with van der Waals surface area (Å²) in [6, 6.07) is 5.83. The maximum atomic E-state index is 10.8. The number of ether oxygens (including phenoxy) is 1. The van der Waals surface area contributed by atoms with Crippen molar-refractivity contribution in [3.05, 3.63) is 18.2 Å². The van der Waals surface area contributed by atoms with Gasteiger partial charge in [0.15, 0.2) is 5.13 Å². The van der Waals surface area contributed by atoms with Crippen molar-refractivity contribution in [2.24, 2.45) is 5.92 Å². The number of aromatic nitrogens is 1. The molecule has 0 bridgehead atoms. The molecule has 0 saturated carbocycles. The molecular formula is C13H14N2O3S. The molecule has 1 saturated heterocycles. The fourth-order valence-corrected chi connectivity index (χ4v) is 3.09. The third kappa shape index (κ3) is 2.23. The summed E-state index contributed by atoms with van der Waals surface area (Å²) in [4.78, 5) is 17.3. The summed E-state index contributed by atoms with van der Waals surface area (Å²) < 4.78 is 6.53. The first kappa shape index (κ1) is 12.2. The zero-order valence-corrected chi connectivity index (χ0v) is 11.3. The summed E-state index contributed by atoms with van der Waals surface area (Å²) in [5, 5.41) is 9.76. The SMILES string of the molecule is CCOc1ccc2nc(N3CC(C(=O)O)C3)sc2c1. The van der Waals surface area contributed by atoms with E-state index in [-0.39, 0.29) is 5.92 Å². The van der Waals surface area contributed by atoms with Crippen molar-refractivity contribution in [3.63, 3.8) is 0 Å². The largest absolute Gasteiger partial charge is 0.494 e. The van der Waals surface area contributed by atoms with Gasteiger partial charge in [0.05, 0.1) is 22.7 Å². The predicted molar refractivity (Wildman–Crippen MR) is 74.1 cm³/mol. The van der Waals surface area contributed by atoms with Gasteiger partial charge < -0.3 is 14.7 Å². The average molecular weight is 278 g/mol. The Balaban J connectivity index is 1.80. The number of thiazole rings is 1. The van der Waals surface area contributed by atoms with Gasteiger partial charge in [-0.15, -0.1) is 0 Å². The molecule has 100 valence electrons. The van der Waals surface area contributed by atoms with Gasteiger partial charge in [-0.05, 0) is 25.1 Å². The van der Waals surface area contributed by atoms with Gasteiger partial charge >= 0.3 is 5.97 Å². The number of carbonyl (C=O) groups is 1. The molecule has 0 amide bonds. The molecule has 0 aliphatic carbocycles. The summed E-state index contributed by atoms with van der Waals surface area (Å²) in [6.07, 6.45) is 0. The molecule has 2 aromatic rings. The number of carboxylic acids is 1. The number of hydrogen-bond donors (Lipinski definition) is 1. The van der Waals surface area contributed by atoms with Crippen molar-refractivity contribution in [2.45, 2.75) is 6.92 Å². The highest BCUT2D eigenvalue weighted by Crippen LogP contribution is 2.34. The molecule has 1 aromatic heterocycles. The molecule has 1 aliphatic heterocycles. The Morgan fingerprint density at radius 2 is 2.37 bits per heavy atom. The van der Waals surface area contributed by atoms with Gasteiger partial charge in [-0.25, -0.2) is 4.98 Å². The zero-order valence-electron chi connectivity index (χ0n) is 10.5. The van der Waals surface area contributed by atoms with E-state index in [2.05, 4.69) is 4.98 Å². The van der Waals surface area contributed by atoms with Crippen molar-refractivity contribution in [1.29, 1.82) is 0 Å². The van der Waals surface area contributed by atoms with Gasteiger partial charge in [-0.1, -0.05) is 11.3 Å². The van der Waals surface area contributed by atoms with Crippen LogP contribution in [-0.2, 0) is 4.79 Å². The Morgan fingerprint density at radius 3 is 3.05 bits per heavy atom. The second-order valence-electron chi connectivity index (χ2n) is 4.50. The Hall–Kier alpha value is -1.82. The zero-order chi connectivity index (χ0) is 13.4. The summed E-state index contributed by atoms with van der Waals surface area (Å²) in [5.74, 6) is -0.140. The van der Waals surface area contributed by atoms with Gasteiger partial charge in [-0.3, -0.25) is 4.79 Å². The highest BCUT2D eigenvalue weighted by molar-refractivity contribution is 7.22. The monoisotopic (exact) mass is 278 g/mol. The van der Waals surface area contributed by atoms with Gasteiger partial charge in [0.1, 0.15) is 5.75 Å². The lowest BCUT2D eigenvalue weighted by Crippen LogP contribution is -2.50. The molecule has 3 rings (SSSR count). The number of nitrogens with zero attached hydrogens (tertiary/aromatic N) is 2. The number of benzene rings is 1. The van der Waals surface area contributed by atoms with Gasteiger partial charge in [0, 0.05) is 13.1 Å². The number of hydrogen-bond acceptors (Lipinski definition) is 5. The minimum Gasteiger partial charge on any atom is -0.494 e. The number of rotatable bonds is 4. The van der Waals surface area contributed by atoms with Gasteiger partial charge in [0.2, 0.25) is 0 Å². The van der Waals surface area contributed by atoms with Crippen molar-refractivity contribution in [1.82, 2.24) is 4.98 Å². The van der Waals surface area contributed by atoms with Crippen LogP contribution in [0.15, 0.2) is 18.2 Å². The van der Waals surface area contributed by atoms with Crippen LogP contribution >= 0.6 is 11.3 Å². The van der Waals surface area contributed by atoms with Crippen molar-refractivity contribution < 1.29 is 14.6 Å². The molecule has 0 radical (unpaired) electrons. The van der Waals surface area contributed by atoms with Crippen LogP contribution in [0.5, 0.6) is 5.75 Å². The molecule has 1 aliphatic rings. The average Bonchev–Trinajstić information content (AvgIpc) is 2.69. The van der Waals surface area contributed by atoms with Crippen LogP contribution in [-0.4, -0.2) is 35.8 Å². The molecule has 0 unspecified atom stereocenters. The number of aliphatic carboxylic acids is 1. The van der Waals surface area contributed by atoms with Crippen LogP contribution in [0.1, 0.15) is 6.92 Å². The van der Waals surface area contributed by atoms with E-state index < -0.39 is 5.97 Å². The van der Waals surface area contributed by atoms with Crippen LogP contribution in [0, 0.1) is 5.92 Å². The molecule has 5 nitrogen and oxygen atoms in total. The third-order valence-corrected chi connectivity index (χ3v) is 4.24. The van der Waals surface area contributed by atoms with E-state index in [0.29, 0.717) is 19.7 Å². The van der Waals surface area contributed by atoms with E-state index in [1.807, 2.05) is 30.0 Å². The summed E-state index contributed by atoms with van der Waals surface area (Å²) in [5.41, 5.74) is 0.933. The second-order valence-corrected chi connectivity index (χ2v) is 5.51. The van der Waals surface area contributed by atoms with E-state index in [4.69, 9.17) is 9.84 Å². The first-order chi connectivity index (χ1) is 9.17. The maximum absolute atomic E-state index is 10.8. The third-order valence-electron chi connectivity index (χ3n) is 3.16.